The summed E-state index contributed by atoms with van der Waals surface area (Å²) >= 11 is 0. The Hall–Kier alpha value is -6.37. The molecule has 7 aromatic carbocycles. The van der Waals surface area contributed by atoms with Crippen LogP contribution in [0.3, 0.4) is 0 Å². The first kappa shape index (κ1) is 25.9. The minimum atomic E-state index is -0.540. The molecule has 1 aromatic heterocycles. The van der Waals surface area contributed by atoms with Crippen molar-refractivity contribution in [1.82, 2.24) is 4.57 Å². The molecule has 218 valence electrons. The van der Waals surface area contributed by atoms with E-state index in [1.54, 1.807) is 0 Å². The number of anilines is 1. The van der Waals surface area contributed by atoms with Crippen LogP contribution >= 0.6 is 0 Å². The third-order valence-electron chi connectivity index (χ3n) is 10.4. The first-order valence-electron chi connectivity index (χ1n) is 16.0. The SMILES string of the molecule is N#Cc1ccc(-c2ccc3c(c2)C2(c4ccc(-c5cccc(N)c5)cc4-3)c3ccccc3-n3c4ccccc4c4cccc2c43)cc1. The lowest BCUT2D eigenvalue weighted by atomic mass is 9.65. The standard InChI is InChI=1S/C44H27N3/c45-26-27-15-17-28(18-16-27)31-19-21-33-36-24-30(29-7-5-8-32(46)23-29)20-22-37(36)44(40(33)25-31)38-11-2-4-14-42(38)47-41-13-3-1-9-34(41)35-10-6-12-39(44)43(35)47/h1-25H,46H2. The second-order valence-corrected chi connectivity index (χ2v) is 12.7. The molecular weight excluding hydrogens is 571 g/mol. The molecule has 0 amide bonds. The zero-order valence-corrected chi connectivity index (χ0v) is 25.4. The van der Waals surface area contributed by atoms with Crippen molar-refractivity contribution in [3.8, 4) is 45.1 Å². The maximum atomic E-state index is 9.45. The highest BCUT2D eigenvalue weighted by Gasteiger charge is 2.51. The van der Waals surface area contributed by atoms with E-state index >= 15 is 0 Å². The summed E-state index contributed by atoms with van der Waals surface area (Å²) in [5, 5.41) is 12.0. The largest absolute Gasteiger partial charge is 0.399 e. The average Bonchev–Trinajstić information content (AvgIpc) is 3.61. The molecule has 2 aliphatic rings. The molecule has 8 aromatic rings. The zero-order valence-electron chi connectivity index (χ0n) is 25.4. The third-order valence-corrected chi connectivity index (χ3v) is 10.4. The van der Waals surface area contributed by atoms with Crippen LogP contribution in [-0.4, -0.2) is 4.57 Å². The van der Waals surface area contributed by atoms with Crippen LogP contribution in [0.5, 0.6) is 0 Å². The lowest BCUT2D eigenvalue weighted by molar-refractivity contribution is 0.749. The predicted octanol–water partition coefficient (Wildman–Crippen LogP) is 10.2. The quantitative estimate of drug-likeness (QED) is 0.202. The summed E-state index contributed by atoms with van der Waals surface area (Å²) in [6.45, 7) is 0. The van der Waals surface area contributed by atoms with Crippen molar-refractivity contribution in [2.75, 3.05) is 5.73 Å². The molecule has 0 fully saturated rings. The molecular formula is C44H27N3. The van der Waals surface area contributed by atoms with E-state index in [2.05, 4.69) is 138 Å². The van der Waals surface area contributed by atoms with Crippen LogP contribution in [0.15, 0.2) is 152 Å². The number of hydrogen-bond donors (Lipinski definition) is 1. The van der Waals surface area contributed by atoms with Gasteiger partial charge in [-0.3, -0.25) is 0 Å². The van der Waals surface area contributed by atoms with E-state index in [9.17, 15) is 5.26 Å². The fourth-order valence-corrected chi connectivity index (χ4v) is 8.43. The van der Waals surface area contributed by atoms with Crippen molar-refractivity contribution in [2.24, 2.45) is 0 Å². The number of benzene rings is 7. The van der Waals surface area contributed by atoms with Crippen LogP contribution in [0, 0.1) is 11.3 Å². The molecule has 2 heterocycles. The number of nitrogens with two attached hydrogens (primary N) is 1. The molecule has 3 nitrogen and oxygen atoms in total. The molecule has 0 bridgehead atoms. The highest BCUT2D eigenvalue weighted by molar-refractivity contribution is 6.13. The van der Waals surface area contributed by atoms with Crippen LogP contribution in [-0.2, 0) is 5.41 Å². The fraction of sp³-hybridized carbons (Fsp3) is 0.0227. The summed E-state index contributed by atoms with van der Waals surface area (Å²) in [5.41, 5.74) is 22.9. The van der Waals surface area contributed by atoms with Crippen LogP contribution in [0.25, 0.3) is 60.9 Å². The van der Waals surface area contributed by atoms with Crippen molar-refractivity contribution in [2.45, 2.75) is 5.41 Å². The Labute approximate surface area is 272 Å². The van der Waals surface area contributed by atoms with Gasteiger partial charge in [-0.05, 0) is 104 Å². The van der Waals surface area contributed by atoms with E-state index in [0.717, 1.165) is 27.9 Å². The predicted molar refractivity (Wildman–Crippen MR) is 192 cm³/mol. The van der Waals surface area contributed by atoms with Gasteiger partial charge < -0.3 is 10.3 Å². The Morgan fingerprint density at radius 1 is 0.511 bits per heavy atom. The lowest BCUT2D eigenvalue weighted by Gasteiger charge is -2.39. The molecule has 0 saturated heterocycles. The number of nitrogen functional groups attached to an aromatic ring is 1. The van der Waals surface area contributed by atoms with E-state index < -0.39 is 5.41 Å². The van der Waals surface area contributed by atoms with E-state index in [-0.39, 0.29) is 0 Å². The molecule has 10 rings (SSSR count). The number of para-hydroxylation sites is 3. The van der Waals surface area contributed by atoms with Crippen LogP contribution < -0.4 is 5.73 Å². The second kappa shape index (κ2) is 9.33. The maximum absolute atomic E-state index is 9.45. The van der Waals surface area contributed by atoms with Gasteiger partial charge in [-0.1, -0.05) is 103 Å². The molecule has 47 heavy (non-hydrogen) atoms. The van der Waals surface area contributed by atoms with Gasteiger partial charge in [0.25, 0.3) is 0 Å². The molecule has 1 atom stereocenters. The number of aromatic nitrogens is 1. The molecule has 0 saturated carbocycles. The van der Waals surface area contributed by atoms with E-state index in [1.807, 2.05) is 24.3 Å². The van der Waals surface area contributed by atoms with Gasteiger partial charge in [-0.15, -0.1) is 0 Å². The normalized spacial score (nSPS) is 15.4. The minimum Gasteiger partial charge on any atom is -0.399 e. The highest BCUT2D eigenvalue weighted by Crippen LogP contribution is 2.61. The van der Waals surface area contributed by atoms with Crippen molar-refractivity contribution < 1.29 is 0 Å². The lowest BCUT2D eigenvalue weighted by Crippen LogP contribution is -2.33. The van der Waals surface area contributed by atoms with Gasteiger partial charge in [0.05, 0.1) is 33.8 Å². The summed E-state index contributed by atoms with van der Waals surface area (Å²) in [5.74, 6) is 0. The molecule has 1 unspecified atom stereocenters. The van der Waals surface area contributed by atoms with Gasteiger partial charge in [-0.25, -0.2) is 0 Å². The Kier molecular flexibility index (Phi) is 5.14. The van der Waals surface area contributed by atoms with E-state index in [4.69, 9.17) is 5.73 Å². The summed E-state index contributed by atoms with van der Waals surface area (Å²) in [6, 6.07) is 56.7. The van der Waals surface area contributed by atoms with Gasteiger partial charge in [-0.2, -0.15) is 5.26 Å². The molecule has 1 spiro atoms. The van der Waals surface area contributed by atoms with Crippen molar-refractivity contribution in [1.29, 1.82) is 5.26 Å². The van der Waals surface area contributed by atoms with Gasteiger partial charge in [0.2, 0.25) is 0 Å². The van der Waals surface area contributed by atoms with Crippen LogP contribution in [0.1, 0.15) is 27.8 Å². The number of hydrogen-bond acceptors (Lipinski definition) is 2. The van der Waals surface area contributed by atoms with Gasteiger partial charge in [0.15, 0.2) is 0 Å². The summed E-state index contributed by atoms with van der Waals surface area (Å²) in [7, 11) is 0. The topological polar surface area (TPSA) is 54.7 Å². The number of nitrogens with zero attached hydrogens (tertiary/aromatic N) is 2. The Morgan fingerprint density at radius 2 is 1.21 bits per heavy atom. The highest BCUT2D eigenvalue weighted by atomic mass is 15.0. The van der Waals surface area contributed by atoms with Crippen molar-refractivity contribution in [3.05, 3.63) is 179 Å². The molecule has 1 aliphatic carbocycles. The smallest absolute Gasteiger partial charge is 0.0991 e. The van der Waals surface area contributed by atoms with Crippen molar-refractivity contribution in [3.63, 3.8) is 0 Å². The molecule has 0 radical (unpaired) electrons. The Morgan fingerprint density at radius 3 is 2.09 bits per heavy atom. The fourth-order valence-electron chi connectivity index (χ4n) is 8.43. The second-order valence-electron chi connectivity index (χ2n) is 12.7. The Balaban J connectivity index is 1.36. The van der Waals surface area contributed by atoms with Gasteiger partial charge in [0.1, 0.15) is 0 Å². The van der Waals surface area contributed by atoms with Gasteiger partial charge in [0, 0.05) is 16.5 Å². The molecule has 3 heteroatoms. The first-order valence-corrected chi connectivity index (χ1v) is 16.0. The number of nitriles is 1. The van der Waals surface area contributed by atoms with Crippen molar-refractivity contribution >= 4 is 27.5 Å². The number of rotatable bonds is 2. The minimum absolute atomic E-state index is 0.540. The zero-order chi connectivity index (χ0) is 31.3. The summed E-state index contributed by atoms with van der Waals surface area (Å²) in [6.07, 6.45) is 0. The Bertz CT molecular complexity index is 2650. The molecule has 2 N–H and O–H groups in total. The third kappa shape index (κ3) is 3.34. The number of fused-ring (bicyclic) bond motifs is 12. The van der Waals surface area contributed by atoms with E-state index in [1.165, 1.54) is 60.9 Å². The van der Waals surface area contributed by atoms with Crippen LogP contribution in [0.4, 0.5) is 5.69 Å². The van der Waals surface area contributed by atoms with E-state index in [0.29, 0.717) is 5.56 Å². The monoisotopic (exact) mass is 597 g/mol. The maximum Gasteiger partial charge on any atom is 0.0991 e. The average molecular weight is 598 g/mol. The van der Waals surface area contributed by atoms with Crippen LogP contribution in [0.2, 0.25) is 0 Å². The van der Waals surface area contributed by atoms with Gasteiger partial charge >= 0.3 is 0 Å². The summed E-state index contributed by atoms with van der Waals surface area (Å²) < 4.78 is 2.48. The summed E-state index contributed by atoms with van der Waals surface area (Å²) in [4.78, 5) is 0. The first-order chi connectivity index (χ1) is 23.2. The molecule has 1 aliphatic heterocycles.